The van der Waals surface area contributed by atoms with Crippen LogP contribution in [-0.2, 0) is 6.54 Å². The minimum absolute atomic E-state index is 0.0138. The van der Waals surface area contributed by atoms with Gasteiger partial charge in [-0.3, -0.25) is 9.59 Å². The number of benzene rings is 1. The Hall–Kier alpha value is -2.14. The molecule has 1 aromatic carbocycles. The Morgan fingerprint density at radius 1 is 1.08 bits per heavy atom. The summed E-state index contributed by atoms with van der Waals surface area (Å²) in [5, 5.41) is 0. The zero-order valence-corrected chi connectivity index (χ0v) is 15.4. The standard InChI is InChI=1S/C20H19BrN2O2/c21-17-6-4-15(5-7-17)19(24)8-9-22-11-14-10-16(13-22)18-2-1-3-20(25)23(18)12-14/h1-9,14,16H,10-13H2/b9-8+/t14-,16-/m1/s1. The number of fused-ring (bicyclic) bond motifs is 4. The van der Waals surface area contributed by atoms with Crippen LogP contribution in [0.1, 0.15) is 28.4 Å². The third-order valence-corrected chi connectivity index (χ3v) is 5.60. The fraction of sp³-hybridized carbons (Fsp3) is 0.300. The minimum atomic E-state index is 0.0138. The summed E-state index contributed by atoms with van der Waals surface area (Å²) in [6, 6.07) is 12.9. The zero-order valence-electron chi connectivity index (χ0n) is 13.8. The molecule has 0 saturated carbocycles. The molecule has 1 fully saturated rings. The van der Waals surface area contributed by atoms with Crippen LogP contribution in [0.4, 0.5) is 0 Å². The number of likely N-dealkylation sites (tertiary alicyclic amines) is 1. The van der Waals surface area contributed by atoms with Gasteiger partial charge in [0.05, 0.1) is 0 Å². The number of carbonyl (C=O) groups excluding carboxylic acids is 1. The minimum Gasteiger partial charge on any atom is -0.376 e. The Morgan fingerprint density at radius 3 is 2.68 bits per heavy atom. The third kappa shape index (κ3) is 3.33. The number of pyridine rings is 1. The van der Waals surface area contributed by atoms with Crippen LogP contribution in [0.15, 0.2) is 64.0 Å². The summed E-state index contributed by atoms with van der Waals surface area (Å²) in [4.78, 5) is 26.6. The van der Waals surface area contributed by atoms with Gasteiger partial charge in [-0.2, -0.15) is 0 Å². The first kappa shape index (κ1) is 16.3. The van der Waals surface area contributed by atoms with Gasteiger partial charge in [0.1, 0.15) is 0 Å². The first-order chi connectivity index (χ1) is 12.1. The Labute approximate surface area is 154 Å². The number of carbonyl (C=O) groups is 1. The molecule has 1 aromatic heterocycles. The van der Waals surface area contributed by atoms with Crippen LogP contribution in [0.2, 0.25) is 0 Å². The van der Waals surface area contributed by atoms with Crippen LogP contribution in [0.3, 0.4) is 0 Å². The predicted octanol–water partition coefficient (Wildman–Crippen LogP) is 3.43. The molecule has 3 heterocycles. The van der Waals surface area contributed by atoms with Crippen molar-refractivity contribution in [1.82, 2.24) is 9.47 Å². The summed E-state index contributed by atoms with van der Waals surface area (Å²) in [7, 11) is 0. The molecule has 4 nitrogen and oxygen atoms in total. The van der Waals surface area contributed by atoms with E-state index in [1.165, 1.54) is 0 Å². The molecule has 2 aromatic rings. The van der Waals surface area contributed by atoms with Crippen molar-refractivity contribution in [2.45, 2.75) is 18.9 Å². The summed E-state index contributed by atoms with van der Waals surface area (Å²) < 4.78 is 2.89. The highest BCUT2D eigenvalue weighted by atomic mass is 79.9. The summed E-state index contributed by atoms with van der Waals surface area (Å²) in [6.07, 6.45) is 4.69. The first-order valence-corrected chi connectivity index (χ1v) is 9.31. The lowest BCUT2D eigenvalue weighted by atomic mass is 9.83. The van der Waals surface area contributed by atoms with E-state index >= 15 is 0 Å². The molecule has 128 valence electrons. The summed E-state index contributed by atoms with van der Waals surface area (Å²) in [5.41, 5.74) is 1.91. The molecule has 5 heteroatoms. The van der Waals surface area contributed by atoms with Gasteiger partial charge in [0.15, 0.2) is 5.78 Å². The van der Waals surface area contributed by atoms with Crippen LogP contribution >= 0.6 is 15.9 Å². The number of hydrogen-bond acceptors (Lipinski definition) is 3. The largest absolute Gasteiger partial charge is 0.376 e. The molecule has 2 atom stereocenters. The van der Waals surface area contributed by atoms with Crippen molar-refractivity contribution in [3.8, 4) is 0 Å². The monoisotopic (exact) mass is 398 g/mol. The van der Waals surface area contributed by atoms with E-state index < -0.39 is 0 Å². The molecule has 2 aliphatic heterocycles. The number of allylic oxidation sites excluding steroid dienone is 1. The number of halogens is 1. The van der Waals surface area contributed by atoms with Gasteiger partial charge in [-0.05, 0) is 42.7 Å². The second-order valence-electron chi connectivity index (χ2n) is 6.84. The lowest BCUT2D eigenvalue weighted by Gasteiger charge is -2.42. The van der Waals surface area contributed by atoms with Crippen molar-refractivity contribution in [2.75, 3.05) is 13.1 Å². The molecular weight excluding hydrogens is 380 g/mol. The molecule has 1 saturated heterocycles. The molecule has 0 unspecified atom stereocenters. The Bertz CT molecular complexity index is 885. The molecular formula is C20H19BrN2O2. The molecule has 2 bridgehead atoms. The van der Waals surface area contributed by atoms with Gasteiger partial charge in [0, 0.05) is 59.6 Å². The normalized spacial score (nSPS) is 22.0. The number of aromatic nitrogens is 1. The summed E-state index contributed by atoms with van der Waals surface area (Å²) in [6.45, 7) is 2.52. The topological polar surface area (TPSA) is 42.3 Å². The Balaban J connectivity index is 1.50. The fourth-order valence-corrected chi connectivity index (χ4v) is 4.20. The molecule has 4 rings (SSSR count). The van der Waals surface area contributed by atoms with Gasteiger partial charge in [-0.1, -0.05) is 22.0 Å². The van der Waals surface area contributed by atoms with Crippen LogP contribution < -0.4 is 5.56 Å². The average Bonchev–Trinajstić information content (AvgIpc) is 2.61. The van der Waals surface area contributed by atoms with Crippen molar-refractivity contribution in [3.05, 3.63) is 80.8 Å². The van der Waals surface area contributed by atoms with Crippen LogP contribution in [-0.4, -0.2) is 28.3 Å². The number of nitrogens with zero attached hydrogens (tertiary/aromatic N) is 2. The highest BCUT2D eigenvalue weighted by Crippen LogP contribution is 2.34. The van der Waals surface area contributed by atoms with Crippen molar-refractivity contribution in [3.63, 3.8) is 0 Å². The molecule has 0 spiro atoms. The van der Waals surface area contributed by atoms with Crippen molar-refractivity contribution in [2.24, 2.45) is 5.92 Å². The van der Waals surface area contributed by atoms with Crippen molar-refractivity contribution < 1.29 is 4.79 Å². The van der Waals surface area contributed by atoms with Gasteiger partial charge in [-0.15, -0.1) is 0 Å². The van der Waals surface area contributed by atoms with Gasteiger partial charge in [0.25, 0.3) is 5.56 Å². The number of rotatable bonds is 3. The van der Waals surface area contributed by atoms with Gasteiger partial charge >= 0.3 is 0 Å². The number of piperidine rings is 1. The van der Waals surface area contributed by atoms with Gasteiger partial charge < -0.3 is 9.47 Å². The average molecular weight is 399 g/mol. The maximum Gasteiger partial charge on any atom is 0.250 e. The van der Waals surface area contributed by atoms with Gasteiger partial charge in [-0.25, -0.2) is 0 Å². The van der Waals surface area contributed by atoms with E-state index in [2.05, 4.69) is 26.9 Å². The first-order valence-electron chi connectivity index (χ1n) is 8.52. The zero-order chi connectivity index (χ0) is 17.4. The molecule has 0 N–H and O–H groups in total. The maximum atomic E-state index is 12.3. The number of hydrogen-bond donors (Lipinski definition) is 0. The fourth-order valence-electron chi connectivity index (χ4n) is 3.94. The van der Waals surface area contributed by atoms with E-state index in [0.717, 1.165) is 36.2 Å². The molecule has 25 heavy (non-hydrogen) atoms. The Kier molecular flexibility index (Phi) is 4.34. The molecule has 2 aliphatic rings. The smallest absolute Gasteiger partial charge is 0.250 e. The Morgan fingerprint density at radius 2 is 1.88 bits per heavy atom. The molecule has 0 aliphatic carbocycles. The second-order valence-corrected chi connectivity index (χ2v) is 7.75. The van der Waals surface area contributed by atoms with Crippen LogP contribution in [0, 0.1) is 5.92 Å². The summed E-state index contributed by atoms with van der Waals surface area (Å²) in [5.74, 6) is 0.826. The van der Waals surface area contributed by atoms with Crippen molar-refractivity contribution >= 4 is 21.7 Å². The SMILES string of the molecule is O=C(/C=C/N1C[C@H]2C[C@H](C1)c1cccc(=O)n1C2)c1ccc(Br)cc1. The summed E-state index contributed by atoms with van der Waals surface area (Å²) >= 11 is 3.38. The van der Waals surface area contributed by atoms with E-state index in [9.17, 15) is 9.59 Å². The van der Waals surface area contributed by atoms with E-state index in [1.54, 1.807) is 12.1 Å². The quantitative estimate of drug-likeness (QED) is 0.587. The highest BCUT2D eigenvalue weighted by Gasteiger charge is 2.33. The predicted molar refractivity (Wildman–Crippen MR) is 101 cm³/mol. The third-order valence-electron chi connectivity index (χ3n) is 5.07. The van der Waals surface area contributed by atoms with Crippen LogP contribution in [0.5, 0.6) is 0 Å². The van der Waals surface area contributed by atoms with Crippen LogP contribution in [0.25, 0.3) is 0 Å². The maximum absolute atomic E-state index is 12.3. The van der Waals surface area contributed by atoms with E-state index in [1.807, 2.05) is 41.1 Å². The molecule has 0 radical (unpaired) electrons. The highest BCUT2D eigenvalue weighted by molar-refractivity contribution is 9.10. The van der Waals surface area contributed by atoms with E-state index in [4.69, 9.17) is 0 Å². The second kappa shape index (κ2) is 6.64. The lowest BCUT2D eigenvalue weighted by molar-refractivity contribution is 0.104. The number of ketones is 1. The van der Waals surface area contributed by atoms with E-state index in [0.29, 0.717) is 17.4 Å². The lowest BCUT2D eigenvalue weighted by Crippen LogP contribution is -2.45. The van der Waals surface area contributed by atoms with Gasteiger partial charge in [0.2, 0.25) is 0 Å². The van der Waals surface area contributed by atoms with E-state index in [-0.39, 0.29) is 11.3 Å². The van der Waals surface area contributed by atoms with Crippen molar-refractivity contribution in [1.29, 1.82) is 0 Å². The molecule has 0 amide bonds.